The first-order valence-corrected chi connectivity index (χ1v) is 11.0. The van der Waals surface area contributed by atoms with Crippen molar-refractivity contribution >= 4 is 17.5 Å². The molecule has 0 radical (unpaired) electrons. The summed E-state index contributed by atoms with van der Waals surface area (Å²) >= 11 is 0. The number of hydrogen-bond donors (Lipinski definition) is 2. The largest absolute Gasteiger partial charge is 0.423 e. The summed E-state index contributed by atoms with van der Waals surface area (Å²) in [6.07, 6.45) is 2.31. The number of nitriles is 1. The summed E-state index contributed by atoms with van der Waals surface area (Å²) in [5.41, 5.74) is -2.24. The van der Waals surface area contributed by atoms with Gasteiger partial charge in [0, 0.05) is 51.2 Å². The van der Waals surface area contributed by atoms with Gasteiger partial charge in [-0.05, 0) is 13.0 Å². The highest BCUT2D eigenvalue weighted by Crippen LogP contribution is 2.31. The molecule has 1 atom stereocenters. The molecule has 1 fully saturated rings. The fourth-order valence-electron chi connectivity index (χ4n) is 3.93. The zero-order valence-electron chi connectivity index (χ0n) is 19.2. The SMILES string of the molecule is C[C@@H](Cn1ccc(C(=O)N2CCN(c3ncc(C#N)cn3)CC2)c1)Nc1cn[nH]c(=O)c1C(F)(F)F. The van der Waals surface area contributed by atoms with Crippen LogP contribution in [0.3, 0.4) is 0 Å². The molecule has 188 valence electrons. The summed E-state index contributed by atoms with van der Waals surface area (Å²) in [7, 11) is 0. The van der Waals surface area contributed by atoms with Crippen molar-refractivity contribution in [3.63, 3.8) is 0 Å². The van der Waals surface area contributed by atoms with Crippen LogP contribution in [-0.4, -0.2) is 67.8 Å². The number of nitrogens with one attached hydrogen (secondary N) is 2. The Morgan fingerprint density at radius 3 is 2.56 bits per heavy atom. The first-order valence-electron chi connectivity index (χ1n) is 11.0. The van der Waals surface area contributed by atoms with E-state index in [0.717, 1.165) is 6.20 Å². The lowest BCUT2D eigenvalue weighted by Crippen LogP contribution is -2.49. The molecule has 0 bridgehead atoms. The Labute approximate surface area is 203 Å². The molecule has 14 heteroatoms. The molecule has 0 aliphatic carbocycles. The van der Waals surface area contributed by atoms with Crippen molar-refractivity contribution in [2.24, 2.45) is 0 Å². The fourth-order valence-corrected chi connectivity index (χ4v) is 3.93. The third-order valence-electron chi connectivity index (χ3n) is 5.64. The molecule has 11 nitrogen and oxygen atoms in total. The predicted molar refractivity (Wildman–Crippen MR) is 122 cm³/mol. The minimum atomic E-state index is -4.83. The summed E-state index contributed by atoms with van der Waals surface area (Å²) in [6, 6.07) is 3.12. The van der Waals surface area contributed by atoms with Crippen LogP contribution in [0.1, 0.15) is 28.4 Å². The number of rotatable bonds is 6. The van der Waals surface area contributed by atoms with Crippen molar-refractivity contribution < 1.29 is 18.0 Å². The maximum atomic E-state index is 13.3. The number of hydrogen-bond acceptors (Lipinski definition) is 8. The fraction of sp³-hybridized carbons (Fsp3) is 0.364. The van der Waals surface area contributed by atoms with E-state index in [1.165, 1.54) is 12.4 Å². The quantitative estimate of drug-likeness (QED) is 0.521. The Morgan fingerprint density at radius 1 is 1.22 bits per heavy atom. The lowest BCUT2D eigenvalue weighted by Gasteiger charge is -2.34. The number of H-pyrrole nitrogens is 1. The van der Waals surface area contributed by atoms with Crippen LogP contribution in [0.15, 0.2) is 41.8 Å². The van der Waals surface area contributed by atoms with Crippen molar-refractivity contribution in [3.8, 4) is 6.07 Å². The molecule has 1 aliphatic rings. The predicted octanol–water partition coefficient (Wildman–Crippen LogP) is 1.71. The van der Waals surface area contributed by atoms with Gasteiger partial charge in [0.25, 0.3) is 11.5 Å². The van der Waals surface area contributed by atoms with E-state index in [9.17, 15) is 22.8 Å². The first-order chi connectivity index (χ1) is 17.2. The molecule has 0 saturated carbocycles. The van der Waals surface area contributed by atoms with Crippen molar-refractivity contribution in [2.45, 2.75) is 25.7 Å². The second kappa shape index (κ2) is 10.1. The van der Waals surface area contributed by atoms with Crippen LogP contribution in [-0.2, 0) is 12.7 Å². The zero-order valence-corrected chi connectivity index (χ0v) is 19.2. The van der Waals surface area contributed by atoms with Crippen molar-refractivity contribution in [1.82, 2.24) is 29.6 Å². The van der Waals surface area contributed by atoms with E-state index < -0.39 is 29.0 Å². The van der Waals surface area contributed by atoms with Crippen LogP contribution in [0.25, 0.3) is 0 Å². The summed E-state index contributed by atoms with van der Waals surface area (Å²) in [6.45, 7) is 3.90. The van der Waals surface area contributed by atoms with E-state index >= 15 is 0 Å². The van der Waals surface area contributed by atoms with Gasteiger partial charge in [0.2, 0.25) is 5.95 Å². The summed E-state index contributed by atoms with van der Waals surface area (Å²) in [4.78, 5) is 36.6. The van der Waals surface area contributed by atoms with Crippen molar-refractivity contribution in [1.29, 1.82) is 5.26 Å². The topological polar surface area (TPSA) is 136 Å². The first kappa shape index (κ1) is 24.7. The van der Waals surface area contributed by atoms with E-state index in [4.69, 9.17) is 5.26 Å². The van der Waals surface area contributed by atoms with Gasteiger partial charge in [-0.3, -0.25) is 9.59 Å². The van der Waals surface area contributed by atoms with Crippen LogP contribution in [0.2, 0.25) is 0 Å². The number of alkyl halides is 3. The Hall–Kier alpha value is -4.41. The molecular formula is C22H22F3N9O2. The minimum absolute atomic E-state index is 0.159. The van der Waals surface area contributed by atoms with Crippen LogP contribution in [0.5, 0.6) is 0 Å². The van der Waals surface area contributed by atoms with E-state index in [0.29, 0.717) is 43.3 Å². The summed E-state index contributed by atoms with van der Waals surface area (Å²) in [5, 5.41) is 16.8. The van der Waals surface area contributed by atoms with Gasteiger partial charge in [-0.15, -0.1) is 0 Å². The molecule has 1 amide bonds. The number of piperazine rings is 1. The van der Waals surface area contributed by atoms with Crippen LogP contribution >= 0.6 is 0 Å². The van der Waals surface area contributed by atoms with Gasteiger partial charge >= 0.3 is 6.18 Å². The molecule has 3 aromatic rings. The van der Waals surface area contributed by atoms with Gasteiger partial charge in [0.15, 0.2) is 0 Å². The summed E-state index contributed by atoms with van der Waals surface area (Å²) < 4.78 is 41.4. The number of carbonyl (C=O) groups excluding carboxylic acids is 1. The van der Waals surface area contributed by atoms with Gasteiger partial charge < -0.3 is 19.7 Å². The average Bonchev–Trinajstić information content (AvgIpc) is 3.31. The van der Waals surface area contributed by atoms with E-state index in [1.807, 2.05) is 11.0 Å². The molecule has 0 spiro atoms. The average molecular weight is 501 g/mol. The maximum Gasteiger partial charge on any atom is 0.423 e. The van der Waals surface area contributed by atoms with Gasteiger partial charge in [-0.2, -0.15) is 23.5 Å². The van der Waals surface area contributed by atoms with E-state index in [1.54, 1.807) is 39.9 Å². The smallest absolute Gasteiger partial charge is 0.379 e. The second-order valence-electron chi connectivity index (χ2n) is 8.29. The zero-order chi connectivity index (χ0) is 25.9. The van der Waals surface area contributed by atoms with Crippen LogP contribution in [0, 0.1) is 11.3 Å². The molecule has 4 heterocycles. The number of carbonyl (C=O) groups is 1. The third kappa shape index (κ3) is 5.45. The number of aromatic amines is 1. The highest BCUT2D eigenvalue weighted by Gasteiger charge is 2.37. The Kier molecular flexibility index (Phi) is 6.91. The normalized spacial score (nSPS) is 14.9. The number of anilines is 2. The van der Waals surface area contributed by atoms with Gasteiger partial charge in [-0.1, -0.05) is 0 Å². The van der Waals surface area contributed by atoms with E-state index in [2.05, 4.69) is 20.4 Å². The van der Waals surface area contributed by atoms with Crippen molar-refractivity contribution in [2.75, 3.05) is 36.4 Å². The number of amides is 1. The Balaban J connectivity index is 1.34. The third-order valence-corrected chi connectivity index (χ3v) is 5.64. The molecular weight excluding hydrogens is 479 g/mol. The van der Waals surface area contributed by atoms with Gasteiger partial charge in [0.05, 0.1) is 35.4 Å². The number of aromatic nitrogens is 5. The molecule has 1 saturated heterocycles. The molecule has 2 N–H and O–H groups in total. The maximum absolute atomic E-state index is 13.3. The summed E-state index contributed by atoms with van der Waals surface area (Å²) in [5.74, 6) is 0.339. The lowest BCUT2D eigenvalue weighted by atomic mass is 10.2. The van der Waals surface area contributed by atoms with Crippen molar-refractivity contribution in [3.05, 3.63) is 64.1 Å². The number of nitrogens with zero attached hydrogens (tertiary/aromatic N) is 7. The Morgan fingerprint density at radius 2 is 1.92 bits per heavy atom. The molecule has 3 aromatic heterocycles. The monoisotopic (exact) mass is 501 g/mol. The number of halogens is 3. The lowest BCUT2D eigenvalue weighted by molar-refractivity contribution is -0.138. The highest BCUT2D eigenvalue weighted by atomic mass is 19.4. The van der Waals surface area contributed by atoms with Crippen LogP contribution < -0.4 is 15.8 Å². The second-order valence-corrected chi connectivity index (χ2v) is 8.29. The van der Waals surface area contributed by atoms with Crippen LogP contribution in [0.4, 0.5) is 24.8 Å². The van der Waals surface area contributed by atoms with E-state index in [-0.39, 0.29) is 12.5 Å². The molecule has 4 rings (SSSR count). The van der Waals surface area contributed by atoms with Gasteiger partial charge in [-0.25, -0.2) is 15.1 Å². The minimum Gasteiger partial charge on any atom is -0.379 e. The standard InChI is InChI=1S/C22H22F3N9O2/c1-14(30-17-11-29-31-19(35)18(17)22(23,24)25)12-32-3-2-16(13-32)20(36)33-4-6-34(7-5-33)21-27-9-15(8-26)10-28-21/h2-3,9-11,13-14H,4-7,12H2,1H3,(H2,30,31,35)/t14-/m0/s1. The molecule has 0 unspecified atom stereocenters. The van der Waals surface area contributed by atoms with Gasteiger partial charge in [0.1, 0.15) is 11.6 Å². The molecule has 1 aliphatic heterocycles. The highest BCUT2D eigenvalue weighted by molar-refractivity contribution is 5.94. The molecule has 0 aromatic carbocycles. The molecule has 36 heavy (non-hydrogen) atoms. The Bertz CT molecular complexity index is 1320.